The van der Waals surface area contributed by atoms with E-state index < -0.39 is 18.7 Å². The summed E-state index contributed by atoms with van der Waals surface area (Å²) >= 11 is 0. The predicted octanol–water partition coefficient (Wildman–Crippen LogP) is -1.79. The van der Waals surface area contributed by atoms with E-state index in [4.69, 9.17) is 15.1 Å². The number of likely N-dealkylation sites (N-methyl/N-ethyl adjacent to an activating group) is 1. The Hall–Kier alpha value is -0.930. The Morgan fingerprint density at radius 3 is 2.41 bits per heavy atom. The Labute approximate surface area is 101 Å². The van der Waals surface area contributed by atoms with Gasteiger partial charge in [0.1, 0.15) is 25.9 Å². The second-order valence-electron chi connectivity index (χ2n) is 4.54. The Kier molecular flexibility index (Phi) is 7.75. The number of urea groups is 1. The van der Waals surface area contributed by atoms with Crippen LogP contribution in [0.4, 0.5) is 4.79 Å². The molecule has 0 bridgehead atoms. The van der Waals surface area contributed by atoms with Crippen LogP contribution in [0.2, 0.25) is 0 Å². The average molecular weight is 252 g/mol. The number of carbonyl (C=O) groups excluding carboxylic acids is 1. The van der Waals surface area contributed by atoms with Gasteiger partial charge >= 0.3 is 6.03 Å². The van der Waals surface area contributed by atoms with Gasteiger partial charge in [-0.1, -0.05) is 0 Å². The fraction of sp³-hybridized carbons (Fsp3) is 0.889. The minimum absolute atomic E-state index is 0.192. The van der Waals surface area contributed by atoms with Crippen molar-refractivity contribution >= 4 is 6.03 Å². The first kappa shape index (κ1) is 16.1. The number of amides is 2. The van der Waals surface area contributed by atoms with Crippen LogP contribution in [0.25, 0.3) is 0 Å². The fourth-order valence-electron chi connectivity index (χ4n) is 0.713. The summed E-state index contributed by atoms with van der Waals surface area (Å²) in [4.78, 5) is 20.5. The number of nitrogens with zero attached hydrogens (tertiary/aromatic N) is 1. The van der Waals surface area contributed by atoms with Gasteiger partial charge in [0, 0.05) is 0 Å². The first-order valence-corrected chi connectivity index (χ1v) is 5.24. The molecule has 0 fully saturated rings. The van der Waals surface area contributed by atoms with Gasteiger partial charge in [-0.05, 0) is 0 Å². The van der Waals surface area contributed by atoms with Crippen molar-refractivity contribution in [1.29, 1.82) is 0 Å². The van der Waals surface area contributed by atoms with E-state index in [-0.39, 0.29) is 6.61 Å². The van der Waals surface area contributed by atoms with Crippen LogP contribution in [0.5, 0.6) is 0 Å². The summed E-state index contributed by atoms with van der Waals surface area (Å²) in [7, 11) is 6.01. The van der Waals surface area contributed by atoms with Crippen LogP contribution in [-0.2, 0) is 9.68 Å². The van der Waals surface area contributed by atoms with Crippen molar-refractivity contribution in [2.24, 2.45) is 0 Å². The third-order valence-electron chi connectivity index (χ3n) is 1.68. The van der Waals surface area contributed by atoms with Crippen LogP contribution in [0.15, 0.2) is 0 Å². The molecule has 1 unspecified atom stereocenters. The third-order valence-corrected chi connectivity index (χ3v) is 1.68. The quantitative estimate of drug-likeness (QED) is 0.232. The van der Waals surface area contributed by atoms with Crippen molar-refractivity contribution < 1.29 is 29.2 Å². The molecule has 0 aromatic heterocycles. The zero-order chi connectivity index (χ0) is 13.3. The minimum Gasteiger partial charge on any atom is -0.394 e. The summed E-state index contributed by atoms with van der Waals surface area (Å²) in [5.74, 6) is 0. The van der Waals surface area contributed by atoms with Crippen molar-refractivity contribution in [2.45, 2.75) is 6.10 Å². The lowest BCUT2D eigenvalue weighted by molar-refractivity contribution is -0.870. The minimum atomic E-state index is -1.02. The lowest BCUT2D eigenvalue weighted by Crippen LogP contribution is -2.41. The molecule has 4 N–H and O–H groups in total. The summed E-state index contributed by atoms with van der Waals surface area (Å²) in [6.07, 6.45) is -1.02. The number of hydroxylamine groups is 2. The average Bonchev–Trinajstić information content (AvgIpc) is 2.23. The number of carbonyl (C=O) groups is 1. The second-order valence-corrected chi connectivity index (χ2v) is 4.54. The monoisotopic (exact) mass is 252 g/mol. The van der Waals surface area contributed by atoms with Crippen LogP contribution in [0.3, 0.4) is 0 Å². The molecular formula is C9H22N3O5+. The Morgan fingerprint density at radius 2 is 1.88 bits per heavy atom. The van der Waals surface area contributed by atoms with Crippen molar-refractivity contribution in [3.8, 4) is 0 Å². The Morgan fingerprint density at radius 1 is 1.29 bits per heavy atom. The van der Waals surface area contributed by atoms with E-state index in [1.165, 1.54) is 0 Å². The number of aliphatic hydroxyl groups excluding tert-OH is 2. The number of hydrogen-bond donors (Lipinski definition) is 4. The molecule has 8 nitrogen and oxygen atoms in total. The molecule has 0 aliphatic heterocycles. The van der Waals surface area contributed by atoms with Crippen molar-refractivity contribution in [2.75, 3.05) is 47.5 Å². The van der Waals surface area contributed by atoms with E-state index in [1.54, 1.807) is 0 Å². The van der Waals surface area contributed by atoms with Crippen molar-refractivity contribution in [3.63, 3.8) is 0 Å². The van der Waals surface area contributed by atoms with E-state index in [2.05, 4.69) is 10.3 Å². The van der Waals surface area contributed by atoms with Gasteiger partial charge in [0.2, 0.25) is 0 Å². The van der Waals surface area contributed by atoms with Gasteiger partial charge in [0.15, 0.2) is 0 Å². The summed E-state index contributed by atoms with van der Waals surface area (Å²) < 4.78 is 0.725. The number of hydrogen-bond acceptors (Lipinski definition) is 5. The lowest BCUT2D eigenvalue weighted by Gasteiger charge is -2.23. The van der Waals surface area contributed by atoms with Gasteiger partial charge in [0.25, 0.3) is 0 Å². The highest BCUT2D eigenvalue weighted by Crippen LogP contribution is 1.87. The van der Waals surface area contributed by atoms with Gasteiger partial charge in [-0.25, -0.2) is 15.8 Å². The third kappa shape index (κ3) is 11.3. The first-order valence-electron chi connectivity index (χ1n) is 5.24. The zero-order valence-electron chi connectivity index (χ0n) is 10.5. The van der Waals surface area contributed by atoms with Crippen LogP contribution >= 0.6 is 0 Å². The van der Waals surface area contributed by atoms with Crippen molar-refractivity contribution in [1.82, 2.24) is 11.0 Å². The normalized spacial score (nSPS) is 13.2. The van der Waals surface area contributed by atoms with E-state index in [0.717, 1.165) is 11.0 Å². The molecule has 0 saturated heterocycles. The lowest BCUT2D eigenvalue weighted by atomic mass is 10.4. The second kappa shape index (κ2) is 8.20. The standard InChI is InChI=1S/C9H21N3O5/c1-12(2,3)4-5-16-10-9(15)11-17-7-8(14)6-13/h8,13-14H,4-7H2,1-3H3,(H-,10,11,15)/p+1. The fourth-order valence-corrected chi connectivity index (χ4v) is 0.713. The van der Waals surface area contributed by atoms with E-state index in [0.29, 0.717) is 6.61 Å². The number of rotatable bonds is 8. The van der Waals surface area contributed by atoms with Crippen LogP contribution in [0.1, 0.15) is 0 Å². The molecular weight excluding hydrogens is 230 g/mol. The largest absolute Gasteiger partial charge is 0.394 e. The van der Waals surface area contributed by atoms with E-state index >= 15 is 0 Å². The maximum Gasteiger partial charge on any atom is 0.362 e. The van der Waals surface area contributed by atoms with E-state index in [1.807, 2.05) is 26.6 Å². The summed E-state index contributed by atoms with van der Waals surface area (Å²) in [6, 6.07) is -0.670. The number of aliphatic hydroxyl groups is 2. The molecule has 102 valence electrons. The SMILES string of the molecule is C[N+](C)(C)CCONC(=O)NOCC(O)CO. The highest BCUT2D eigenvalue weighted by Gasteiger charge is 2.08. The molecule has 1 atom stereocenters. The highest BCUT2D eigenvalue weighted by molar-refractivity contribution is 5.71. The number of nitrogens with one attached hydrogen (secondary N) is 2. The van der Waals surface area contributed by atoms with Gasteiger partial charge in [-0.3, -0.25) is 9.68 Å². The van der Waals surface area contributed by atoms with E-state index in [9.17, 15) is 4.79 Å². The van der Waals surface area contributed by atoms with Crippen LogP contribution in [-0.4, -0.2) is 74.3 Å². The summed E-state index contributed by atoms with van der Waals surface area (Å²) in [6.45, 7) is 0.493. The molecule has 0 aliphatic rings. The molecule has 0 aromatic rings. The molecule has 0 saturated carbocycles. The predicted molar refractivity (Wildman–Crippen MR) is 59.6 cm³/mol. The molecule has 2 amide bonds. The Balaban J connectivity index is 3.41. The molecule has 0 heterocycles. The number of quaternary nitrogens is 1. The molecule has 0 aliphatic carbocycles. The molecule has 0 spiro atoms. The molecule has 0 radical (unpaired) electrons. The summed E-state index contributed by atoms with van der Waals surface area (Å²) in [5, 5.41) is 17.4. The smallest absolute Gasteiger partial charge is 0.362 e. The molecule has 0 aromatic carbocycles. The summed E-state index contributed by atoms with van der Waals surface area (Å²) in [5.41, 5.74) is 4.11. The van der Waals surface area contributed by atoms with Gasteiger partial charge in [-0.2, -0.15) is 0 Å². The molecule has 17 heavy (non-hydrogen) atoms. The molecule has 0 rings (SSSR count). The van der Waals surface area contributed by atoms with Gasteiger partial charge in [-0.15, -0.1) is 0 Å². The maximum atomic E-state index is 11.0. The zero-order valence-corrected chi connectivity index (χ0v) is 10.5. The van der Waals surface area contributed by atoms with Crippen LogP contribution in [0, 0.1) is 0 Å². The van der Waals surface area contributed by atoms with Gasteiger partial charge < -0.3 is 14.7 Å². The van der Waals surface area contributed by atoms with Crippen molar-refractivity contribution in [3.05, 3.63) is 0 Å². The van der Waals surface area contributed by atoms with Gasteiger partial charge in [0.05, 0.1) is 27.7 Å². The van der Waals surface area contributed by atoms with Crippen LogP contribution < -0.4 is 11.0 Å². The highest BCUT2D eigenvalue weighted by atomic mass is 16.7. The molecule has 8 heteroatoms. The Bertz CT molecular complexity index is 219. The first-order chi connectivity index (χ1) is 7.85. The maximum absolute atomic E-state index is 11.0. The topological polar surface area (TPSA) is 100 Å².